The van der Waals surface area contributed by atoms with Crippen LogP contribution in [0.5, 0.6) is 0 Å². The molecule has 13 aromatic rings. The Kier molecular flexibility index (Phi) is 7.45. The molecule has 0 aliphatic rings. The van der Waals surface area contributed by atoms with Crippen molar-refractivity contribution in [3.63, 3.8) is 0 Å². The highest BCUT2D eigenvalue weighted by molar-refractivity contribution is 7.26. The molecule has 0 aliphatic heterocycles. The van der Waals surface area contributed by atoms with Gasteiger partial charge in [-0.2, -0.15) is 0 Å². The molecule has 2 heteroatoms. The zero-order chi connectivity index (χ0) is 39.3. The minimum Gasteiger partial charge on any atom is -0.135 e. The second-order valence-electron chi connectivity index (χ2n) is 15.8. The molecule has 0 atom stereocenters. The molecule has 60 heavy (non-hydrogen) atoms. The van der Waals surface area contributed by atoms with Gasteiger partial charge in [-0.15, -0.1) is 22.7 Å². The molecule has 0 amide bonds. The van der Waals surface area contributed by atoms with Gasteiger partial charge in [0.15, 0.2) is 0 Å². The van der Waals surface area contributed by atoms with Gasteiger partial charge in [0.25, 0.3) is 0 Å². The van der Waals surface area contributed by atoms with Gasteiger partial charge in [-0.25, -0.2) is 0 Å². The first-order valence-electron chi connectivity index (χ1n) is 20.6. The molecule has 278 valence electrons. The Bertz CT molecular complexity index is 3770. The number of thiophene rings is 2. The van der Waals surface area contributed by atoms with E-state index < -0.39 is 0 Å². The van der Waals surface area contributed by atoms with E-state index in [0.29, 0.717) is 0 Å². The summed E-state index contributed by atoms with van der Waals surface area (Å²) in [6.07, 6.45) is 0. The lowest BCUT2D eigenvalue weighted by Crippen LogP contribution is -1.92. The average Bonchev–Trinajstić information content (AvgIpc) is 3.89. The summed E-state index contributed by atoms with van der Waals surface area (Å²) in [4.78, 5) is 0. The summed E-state index contributed by atoms with van der Waals surface area (Å²) in [6, 6.07) is 76.9. The van der Waals surface area contributed by atoms with Gasteiger partial charge in [-0.1, -0.05) is 182 Å². The zero-order valence-corrected chi connectivity index (χ0v) is 34.1. The van der Waals surface area contributed by atoms with Gasteiger partial charge < -0.3 is 0 Å². The maximum absolute atomic E-state index is 2.42. The van der Waals surface area contributed by atoms with Crippen LogP contribution in [0.15, 0.2) is 206 Å². The highest BCUT2D eigenvalue weighted by Crippen LogP contribution is 2.52. The minimum atomic E-state index is 1.24. The number of benzene rings is 11. The van der Waals surface area contributed by atoms with E-state index in [0.717, 1.165) is 0 Å². The van der Waals surface area contributed by atoms with Crippen LogP contribution >= 0.6 is 22.7 Å². The van der Waals surface area contributed by atoms with Gasteiger partial charge in [0.1, 0.15) is 0 Å². The largest absolute Gasteiger partial charge is 0.135 e. The second kappa shape index (κ2) is 13.2. The molecular weight excluding hydrogens is 761 g/mol. The fraction of sp³-hybridized carbons (Fsp3) is 0. The summed E-state index contributed by atoms with van der Waals surface area (Å²) >= 11 is 3.79. The quantitative estimate of drug-likeness (QED) is 0.156. The zero-order valence-electron chi connectivity index (χ0n) is 32.4. The van der Waals surface area contributed by atoms with Crippen LogP contribution in [0.25, 0.3) is 128 Å². The minimum absolute atomic E-state index is 1.24. The van der Waals surface area contributed by atoms with Crippen LogP contribution in [0.3, 0.4) is 0 Å². The summed E-state index contributed by atoms with van der Waals surface area (Å²) < 4.78 is 5.26. The SMILES string of the molecule is c1ccc(-c2c3ccccc3c(-c3cccc4sc5cccc(-c6c7ccccc7c(-c7ccc8c(c7)sc7ccccc78)c7ccccc67)c5c34)c3ccccc23)cc1. The Labute approximate surface area is 354 Å². The van der Waals surface area contributed by atoms with Gasteiger partial charge in [-0.05, 0) is 112 Å². The Morgan fingerprint density at radius 1 is 0.217 bits per heavy atom. The lowest BCUT2D eigenvalue weighted by atomic mass is 9.83. The summed E-state index contributed by atoms with van der Waals surface area (Å²) in [5.41, 5.74) is 10.2. The molecule has 0 nitrogen and oxygen atoms in total. The summed E-state index contributed by atoms with van der Waals surface area (Å²) in [5, 5.41) is 15.5. The smallest absolute Gasteiger partial charge is 0.0361 e. The van der Waals surface area contributed by atoms with Crippen molar-refractivity contribution in [2.75, 3.05) is 0 Å². The van der Waals surface area contributed by atoms with Crippen LogP contribution in [0.1, 0.15) is 0 Å². The molecule has 0 saturated heterocycles. The van der Waals surface area contributed by atoms with E-state index in [1.165, 1.54) is 128 Å². The van der Waals surface area contributed by atoms with Gasteiger partial charge in [0.05, 0.1) is 0 Å². The van der Waals surface area contributed by atoms with E-state index in [1.54, 1.807) is 0 Å². The molecule has 0 N–H and O–H groups in total. The van der Waals surface area contributed by atoms with Crippen LogP contribution in [0.4, 0.5) is 0 Å². The predicted octanol–water partition coefficient (Wildman–Crippen LogP) is 17.7. The molecule has 0 aliphatic carbocycles. The molecule has 2 aromatic heterocycles. The summed E-state index contributed by atoms with van der Waals surface area (Å²) in [6.45, 7) is 0. The monoisotopic (exact) mass is 794 g/mol. The maximum atomic E-state index is 2.42. The van der Waals surface area contributed by atoms with E-state index in [-0.39, 0.29) is 0 Å². The van der Waals surface area contributed by atoms with Crippen LogP contribution in [0, 0.1) is 0 Å². The predicted molar refractivity (Wildman–Crippen MR) is 264 cm³/mol. The van der Waals surface area contributed by atoms with E-state index in [4.69, 9.17) is 0 Å². The van der Waals surface area contributed by atoms with Gasteiger partial charge >= 0.3 is 0 Å². The standard InChI is InChI=1S/C58H34S2/c1-2-16-35(17-3-1)53-39-19-4-8-23-43(39)55(44-24-9-5-20-40(44)53)47-27-14-30-50-57(47)58-48(28-15-31-51(58)60-50)56-45-25-10-6-21-41(45)54(42-22-7-11-26-46(42)56)36-32-33-38-37-18-12-13-29-49(37)59-52(38)34-36/h1-34H. The third-order valence-corrected chi connectivity index (χ3v) is 14.9. The van der Waals surface area contributed by atoms with Crippen molar-refractivity contribution in [2.45, 2.75) is 0 Å². The molecule has 2 heterocycles. The van der Waals surface area contributed by atoms with Gasteiger partial charge in [0.2, 0.25) is 0 Å². The fourth-order valence-electron chi connectivity index (χ4n) is 10.2. The Balaban J connectivity index is 1.13. The molecular formula is C58H34S2. The van der Waals surface area contributed by atoms with Crippen LogP contribution in [-0.2, 0) is 0 Å². The first-order chi connectivity index (χ1) is 29.8. The van der Waals surface area contributed by atoms with Crippen LogP contribution in [-0.4, -0.2) is 0 Å². The maximum Gasteiger partial charge on any atom is 0.0361 e. The molecule has 0 bridgehead atoms. The highest BCUT2D eigenvalue weighted by Gasteiger charge is 2.23. The van der Waals surface area contributed by atoms with Crippen molar-refractivity contribution < 1.29 is 0 Å². The molecule has 0 fully saturated rings. The molecule has 13 rings (SSSR count). The topological polar surface area (TPSA) is 0 Å². The third kappa shape index (κ3) is 4.90. The van der Waals surface area contributed by atoms with Crippen molar-refractivity contribution in [2.24, 2.45) is 0 Å². The second-order valence-corrected chi connectivity index (χ2v) is 18.0. The van der Waals surface area contributed by atoms with Gasteiger partial charge in [0, 0.05) is 40.3 Å². The van der Waals surface area contributed by atoms with Crippen molar-refractivity contribution in [1.82, 2.24) is 0 Å². The number of fused-ring (bicyclic) bond motifs is 10. The number of hydrogen-bond acceptors (Lipinski definition) is 2. The average molecular weight is 795 g/mol. The van der Waals surface area contributed by atoms with E-state index >= 15 is 0 Å². The lowest BCUT2D eigenvalue weighted by Gasteiger charge is -2.20. The molecule has 0 spiro atoms. The van der Waals surface area contributed by atoms with Crippen molar-refractivity contribution in [1.29, 1.82) is 0 Å². The Hall–Kier alpha value is -7.10. The number of rotatable bonds is 4. The first kappa shape index (κ1) is 33.8. The van der Waals surface area contributed by atoms with Gasteiger partial charge in [-0.3, -0.25) is 0 Å². The normalized spacial score (nSPS) is 12.0. The Morgan fingerprint density at radius 2 is 0.583 bits per heavy atom. The molecule has 0 radical (unpaired) electrons. The summed E-state index contributed by atoms with van der Waals surface area (Å²) in [7, 11) is 0. The van der Waals surface area contributed by atoms with Crippen molar-refractivity contribution in [3.8, 4) is 44.5 Å². The number of hydrogen-bond donors (Lipinski definition) is 0. The van der Waals surface area contributed by atoms with Crippen molar-refractivity contribution in [3.05, 3.63) is 206 Å². The summed E-state index contributed by atoms with van der Waals surface area (Å²) in [5.74, 6) is 0. The third-order valence-electron chi connectivity index (χ3n) is 12.7. The van der Waals surface area contributed by atoms with Crippen LogP contribution < -0.4 is 0 Å². The van der Waals surface area contributed by atoms with E-state index in [9.17, 15) is 0 Å². The van der Waals surface area contributed by atoms with Crippen LogP contribution in [0.2, 0.25) is 0 Å². The fourth-order valence-corrected chi connectivity index (χ4v) is 12.5. The Morgan fingerprint density at radius 3 is 1.08 bits per heavy atom. The molecule has 0 unspecified atom stereocenters. The van der Waals surface area contributed by atoms with E-state index in [1.807, 2.05) is 22.7 Å². The molecule has 11 aromatic carbocycles. The highest BCUT2D eigenvalue weighted by atomic mass is 32.1. The van der Waals surface area contributed by atoms with E-state index in [2.05, 4.69) is 206 Å². The first-order valence-corrected chi connectivity index (χ1v) is 22.2. The molecule has 0 saturated carbocycles. The van der Waals surface area contributed by atoms with Crippen molar-refractivity contribution >= 4 is 106 Å². The lowest BCUT2D eigenvalue weighted by molar-refractivity contribution is 1.67.